The topological polar surface area (TPSA) is 117 Å². The first-order valence-corrected chi connectivity index (χ1v) is 9.53. The maximum Gasteiger partial charge on any atom is 0.338 e. The molecule has 9 heteroatoms. The number of benzene rings is 3. The predicted molar refractivity (Wildman–Crippen MR) is 116 cm³/mol. The molecule has 9 nitrogen and oxygen atoms in total. The number of anilines is 1. The minimum absolute atomic E-state index is 0.0140. The highest BCUT2D eigenvalue weighted by Gasteiger charge is 2.17. The molecule has 0 aliphatic carbocycles. The second-order valence-electron chi connectivity index (χ2n) is 6.54. The summed E-state index contributed by atoms with van der Waals surface area (Å²) in [6.45, 7) is -0.285. The number of hydrogen-bond acceptors (Lipinski definition) is 7. The lowest BCUT2D eigenvalue weighted by molar-refractivity contribution is -0.383. The molecule has 0 aliphatic heterocycles. The van der Waals surface area contributed by atoms with Crippen LogP contribution < -0.4 is 14.8 Å². The van der Waals surface area contributed by atoms with Crippen molar-refractivity contribution < 1.29 is 28.7 Å². The molecule has 0 fully saturated rings. The molecular formula is C23H20N2O7. The summed E-state index contributed by atoms with van der Waals surface area (Å²) in [5, 5.41) is 13.4. The van der Waals surface area contributed by atoms with E-state index in [2.05, 4.69) is 5.32 Å². The fourth-order valence-electron chi connectivity index (χ4n) is 2.79. The third-order valence-corrected chi connectivity index (χ3v) is 4.35. The average Bonchev–Trinajstić information content (AvgIpc) is 2.82. The van der Waals surface area contributed by atoms with Crippen molar-refractivity contribution in [1.82, 2.24) is 0 Å². The van der Waals surface area contributed by atoms with Crippen LogP contribution in [0.1, 0.15) is 15.9 Å². The standard InChI is InChI=1S/C23H20N2O7/c1-30-21-13-17(11-12-20(21)31-14-16-7-3-2-4-8-16)23(27)32-15-22(26)24-18-9-5-6-10-19(18)25(28)29/h2-13H,14-15H2,1H3,(H,24,26). The summed E-state index contributed by atoms with van der Waals surface area (Å²) < 4.78 is 16.1. The Hall–Kier alpha value is -4.40. The zero-order chi connectivity index (χ0) is 22.9. The minimum atomic E-state index is -0.754. The Morgan fingerprint density at radius 2 is 1.69 bits per heavy atom. The van der Waals surface area contributed by atoms with Crippen molar-refractivity contribution in [2.45, 2.75) is 6.61 Å². The van der Waals surface area contributed by atoms with Crippen LogP contribution in [0.4, 0.5) is 11.4 Å². The van der Waals surface area contributed by atoms with E-state index >= 15 is 0 Å². The quantitative estimate of drug-likeness (QED) is 0.306. The maximum atomic E-state index is 12.3. The summed E-state index contributed by atoms with van der Waals surface area (Å²) in [6, 6.07) is 19.7. The Labute approximate surface area is 183 Å². The number of nitro benzene ring substituents is 1. The molecule has 0 saturated heterocycles. The van der Waals surface area contributed by atoms with E-state index in [4.69, 9.17) is 14.2 Å². The third-order valence-electron chi connectivity index (χ3n) is 4.35. The highest BCUT2D eigenvalue weighted by Crippen LogP contribution is 2.29. The lowest BCUT2D eigenvalue weighted by atomic mass is 10.2. The number of nitrogens with zero attached hydrogens (tertiary/aromatic N) is 1. The summed E-state index contributed by atoms with van der Waals surface area (Å²) in [4.78, 5) is 34.8. The van der Waals surface area contributed by atoms with Gasteiger partial charge in [-0.1, -0.05) is 42.5 Å². The van der Waals surface area contributed by atoms with Gasteiger partial charge in [-0.05, 0) is 29.8 Å². The Kier molecular flexibility index (Phi) is 7.37. The number of methoxy groups -OCH3 is 1. The highest BCUT2D eigenvalue weighted by atomic mass is 16.6. The Bertz CT molecular complexity index is 1120. The van der Waals surface area contributed by atoms with Crippen molar-refractivity contribution in [1.29, 1.82) is 0 Å². The number of esters is 1. The molecule has 32 heavy (non-hydrogen) atoms. The van der Waals surface area contributed by atoms with E-state index in [1.807, 2.05) is 30.3 Å². The molecule has 3 aromatic carbocycles. The van der Waals surface area contributed by atoms with Gasteiger partial charge in [0.05, 0.1) is 17.6 Å². The van der Waals surface area contributed by atoms with Crippen LogP contribution in [0, 0.1) is 10.1 Å². The van der Waals surface area contributed by atoms with Gasteiger partial charge in [0.1, 0.15) is 12.3 Å². The summed E-state index contributed by atoms with van der Waals surface area (Å²) >= 11 is 0. The molecule has 0 atom stereocenters. The maximum absolute atomic E-state index is 12.3. The Morgan fingerprint density at radius 3 is 2.41 bits per heavy atom. The van der Waals surface area contributed by atoms with E-state index in [9.17, 15) is 19.7 Å². The summed E-state index contributed by atoms with van der Waals surface area (Å²) in [5.74, 6) is -0.681. The Balaban J connectivity index is 1.59. The number of hydrogen-bond donors (Lipinski definition) is 1. The van der Waals surface area contributed by atoms with Gasteiger partial charge in [-0.3, -0.25) is 14.9 Å². The van der Waals surface area contributed by atoms with E-state index < -0.39 is 23.4 Å². The molecule has 0 spiro atoms. The second kappa shape index (κ2) is 10.6. The molecule has 0 saturated carbocycles. The van der Waals surface area contributed by atoms with Gasteiger partial charge < -0.3 is 19.5 Å². The molecule has 0 unspecified atom stereocenters. The lowest BCUT2D eigenvalue weighted by Crippen LogP contribution is -2.21. The van der Waals surface area contributed by atoms with Crippen LogP contribution in [-0.4, -0.2) is 30.5 Å². The van der Waals surface area contributed by atoms with Gasteiger partial charge >= 0.3 is 5.97 Å². The molecular weight excluding hydrogens is 416 g/mol. The zero-order valence-electron chi connectivity index (χ0n) is 17.1. The van der Waals surface area contributed by atoms with Crippen LogP contribution in [-0.2, 0) is 16.1 Å². The molecule has 3 rings (SSSR count). The van der Waals surface area contributed by atoms with Gasteiger partial charge in [0.2, 0.25) is 0 Å². The largest absolute Gasteiger partial charge is 0.493 e. The molecule has 0 heterocycles. The number of amides is 1. The van der Waals surface area contributed by atoms with Crippen LogP contribution in [0.15, 0.2) is 72.8 Å². The third kappa shape index (κ3) is 5.82. The normalized spacial score (nSPS) is 10.2. The number of carbonyl (C=O) groups is 2. The van der Waals surface area contributed by atoms with Crippen molar-refractivity contribution in [3.05, 3.63) is 94.0 Å². The summed E-state index contributed by atoms with van der Waals surface area (Å²) in [6.07, 6.45) is 0. The van der Waals surface area contributed by atoms with Crippen molar-refractivity contribution in [3.63, 3.8) is 0 Å². The number of nitrogens with one attached hydrogen (secondary N) is 1. The first-order valence-electron chi connectivity index (χ1n) is 9.53. The highest BCUT2D eigenvalue weighted by molar-refractivity contribution is 5.97. The van der Waals surface area contributed by atoms with Crippen molar-refractivity contribution in [2.24, 2.45) is 0 Å². The van der Waals surface area contributed by atoms with Gasteiger partial charge in [-0.15, -0.1) is 0 Å². The molecule has 3 aromatic rings. The number of nitro groups is 1. The Morgan fingerprint density at radius 1 is 0.969 bits per heavy atom. The molecule has 0 aromatic heterocycles. The average molecular weight is 436 g/mol. The van der Waals surface area contributed by atoms with Gasteiger partial charge in [0, 0.05) is 6.07 Å². The van der Waals surface area contributed by atoms with Gasteiger partial charge in [-0.25, -0.2) is 4.79 Å². The number of ether oxygens (including phenoxy) is 3. The SMILES string of the molecule is COc1cc(C(=O)OCC(=O)Nc2ccccc2[N+](=O)[O-])ccc1OCc1ccccc1. The second-order valence-corrected chi connectivity index (χ2v) is 6.54. The number of carbonyl (C=O) groups excluding carboxylic acids is 2. The number of rotatable bonds is 9. The smallest absolute Gasteiger partial charge is 0.338 e. The minimum Gasteiger partial charge on any atom is -0.493 e. The lowest BCUT2D eigenvalue weighted by Gasteiger charge is -2.12. The molecule has 1 N–H and O–H groups in total. The van der Waals surface area contributed by atoms with Crippen molar-refractivity contribution in [2.75, 3.05) is 19.0 Å². The fraction of sp³-hybridized carbons (Fsp3) is 0.130. The van der Waals surface area contributed by atoms with E-state index in [1.54, 1.807) is 12.1 Å². The summed E-state index contributed by atoms with van der Waals surface area (Å²) in [5.41, 5.74) is 0.887. The van der Waals surface area contributed by atoms with Crippen LogP contribution in [0.2, 0.25) is 0 Å². The molecule has 1 amide bonds. The predicted octanol–water partition coefficient (Wildman–Crippen LogP) is 3.98. The van der Waals surface area contributed by atoms with Crippen LogP contribution in [0.25, 0.3) is 0 Å². The van der Waals surface area contributed by atoms with Crippen molar-refractivity contribution >= 4 is 23.3 Å². The first-order chi connectivity index (χ1) is 15.5. The van der Waals surface area contributed by atoms with E-state index in [1.165, 1.54) is 37.4 Å². The fourth-order valence-corrected chi connectivity index (χ4v) is 2.79. The first kappa shape index (κ1) is 22.3. The van der Waals surface area contributed by atoms with Crippen LogP contribution >= 0.6 is 0 Å². The van der Waals surface area contributed by atoms with Crippen LogP contribution in [0.3, 0.4) is 0 Å². The molecule has 0 radical (unpaired) electrons. The summed E-state index contributed by atoms with van der Waals surface area (Å²) in [7, 11) is 1.44. The van der Waals surface area contributed by atoms with E-state index in [-0.39, 0.29) is 16.9 Å². The molecule has 0 bridgehead atoms. The zero-order valence-corrected chi connectivity index (χ0v) is 17.1. The molecule has 164 valence electrons. The van der Waals surface area contributed by atoms with Gasteiger partial charge in [0.25, 0.3) is 11.6 Å². The van der Waals surface area contributed by atoms with E-state index in [0.29, 0.717) is 18.1 Å². The monoisotopic (exact) mass is 436 g/mol. The van der Waals surface area contributed by atoms with Crippen molar-refractivity contribution in [3.8, 4) is 11.5 Å². The van der Waals surface area contributed by atoms with E-state index in [0.717, 1.165) is 5.56 Å². The van der Waals surface area contributed by atoms with Crippen LogP contribution in [0.5, 0.6) is 11.5 Å². The van der Waals surface area contributed by atoms with Gasteiger partial charge in [-0.2, -0.15) is 0 Å². The van der Waals surface area contributed by atoms with Gasteiger partial charge in [0.15, 0.2) is 18.1 Å². The number of para-hydroxylation sites is 2. The molecule has 0 aliphatic rings.